The highest BCUT2D eigenvalue weighted by Crippen LogP contribution is 2.45. The summed E-state index contributed by atoms with van der Waals surface area (Å²) in [6.07, 6.45) is 4.48. The number of esters is 1. The molecule has 9 N–H and O–H groups in total. The van der Waals surface area contributed by atoms with Crippen molar-refractivity contribution in [1.29, 1.82) is 0 Å². The topological polar surface area (TPSA) is 202 Å². The Morgan fingerprint density at radius 3 is 1.98 bits per heavy atom. The highest BCUT2D eigenvalue weighted by Gasteiger charge is 2.32. The molecule has 0 bridgehead atoms. The van der Waals surface area contributed by atoms with Crippen LogP contribution in [0.3, 0.4) is 0 Å². The van der Waals surface area contributed by atoms with Crippen LogP contribution >= 0.6 is 0 Å². The van der Waals surface area contributed by atoms with Gasteiger partial charge in [-0.15, -0.1) is 0 Å². The maximum atomic E-state index is 14.2. The number of fused-ring (bicyclic) bond motifs is 2. The van der Waals surface area contributed by atoms with Crippen molar-refractivity contribution in [2.24, 2.45) is 29.2 Å². The summed E-state index contributed by atoms with van der Waals surface area (Å²) in [6, 6.07) is 32.3. The number of hydrogen-bond donors (Lipinski definition) is 5. The third kappa shape index (κ3) is 14.2. The van der Waals surface area contributed by atoms with Gasteiger partial charge in [-0.05, 0) is 83.7 Å². The monoisotopic (exact) mass is 871 g/mol. The number of ether oxygens (including phenoxy) is 3. The van der Waals surface area contributed by atoms with E-state index in [9.17, 15) is 19.2 Å². The largest absolute Gasteiger partial charge is 0.489 e. The summed E-state index contributed by atoms with van der Waals surface area (Å²) >= 11 is 0. The number of nitrogens with one attached hydrogen (secondary N) is 2. The molecule has 1 amide bonds. The Kier molecular flexibility index (Phi) is 18.9. The third-order valence-electron chi connectivity index (χ3n) is 11.1. The van der Waals surface area contributed by atoms with Gasteiger partial charge in [0.25, 0.3) is 0 Å². The molecule has 3 atom stereocenters. The molecule has 0 radical (unpaired) electrons. The zero-order valence-corrected chi connectivity index (χ0v) is 37.3. The van der Waals surface area contributed by atoms with E-state index >= 15 is 0 Å². The number of Topliss-reactive ketones (excluding diaryl/α,β-unsaturated/α-hetero) is 2. The number of benzene rings is 5. The quantitative estimate of drug-likeness (QED) is 0.0147. The second-order valence-corrected chi connectivity index (χ2v) is 16.7. The molecule has 0 aliphatic carbocycles. The molecule has 0 fully saturated rings. The Bertz CT molecular complexity index is 2380. The Morgan fingerprint density at radius 1 is 0.750 bits per heavy atom. The number of ketones is 2. The van der Waals surface area contributed by atoms with Crippen molar-refractivity contribution in [3.05, 3.63) is 121 Å². The van der Waals surface area contributed by atoms with Crippen LogP contribution in [0, 0.1) is 17.8 Å². The molecule has 0 aliphatic rings. The van der Waals surface area contributed by atoms with Gasteiger partial charge in [0.05, 0.1) is 25.0 Å². The number of carbonyl (C=O) groups excluding carboxylic acids is 4. The average Bonchev–Trinajstić information content (AvgIpc) is 3.29. The number of rotatable bonds is 27. The van der Waals surface area contributed by atoms with Crippen molar-refractivity contribution >= 4 is 50.9 Å². The lowest BCUT2D eigenvalue weighted by Crippen LogP contribution is -2.78. The third-order valence-corrected chi connectivity index (χ3v) is 11.1. The van der Waals surface area contributed by atoms with Crippen molar-refractivity contribution in [1.82, 2.24) is 5.32 Å². The van der Waals surface area contributed by atoms with E-state index in [4.69, 9.17) is 25.7 Å². The van der Waals surface area contributed by atoms with Crippen LogP contribution in [0.5, 0.6) is 11.5 Å². The maximum absolute atomic E-state index is 14.2. The molecule has 64 heavy (non-hydrogen) atoms. The minimum Gasteiger partial charge on any atom is -0.489 e. The summed E-state index contributed by atoms with van der Waals surface area (Å²) in [7, 11) is 0. The second kappa shape index (κ2) is 24.9. The van der Waals surface area contributed by atoms with Gasteiger partial charge in [-0.2, -0.15) is 0 Å². The van der Waals surface area contributed by atoms with E-state index in [0.29, 0.717) is 56.9 Å². The molecule has 338 valence electrons. The van der Waals surface area contributed by atoms with Gasteiger partial charge in [0, 0.05) is 29.9 Å². The predicted octanol–water partition coefficient (Wildman–Crippen LogP) is 5.58. The van der Waals surface area contributed by atoms with E-state index in [-0.39, 0.29) is 55.9 Å². The van der Waals surface area contributed by atoms with Crippen LogP contribution in [0.25, 0.3) is 32.7 Å². The van der Waals surface area contributed by atoms with E-state index in [1.807, 2.05) is 117 Å². The lowest BCUT2D eigenvalue weighted by atomic mass is 9.89. The van der Waals surface area contributed by atoms with Crippen molar-refractivity contribution in [2.75, 3.05) is 26.3 Å². The minimum absolute atomic E-state index is 0.0469. The summed E-state index contributed by atoms with van der Waals surface area (Å²) in [5.74, 6) is -1.57. The number of quaternary nitrogens is 1. The molecule has 5 aromatic carbocycles. The van der Waals surface area contributed by atoms with Crippen LogP contribution in [0.1, 0.15) is 70.8 Å². The molecule has 0 saturated carbocycles. The van der Waals surface area contributed by atoms with E-state index in [1.165, 1.54) is 0 Å². The predicted molar refractivity (Wildman–Crippen MR) is 252 cm³/mol. The molecule has 0 unspecified atom stereocenters. The molecule has 12 nitrogen and oxygen atoms in total. The molecule has 0 saturated heterocycles. The molecule has 5 aromatic rings. The maximum Gasteiger partial charge on any atom is 0.338 e. The molecule has 0 aromatic heterocycles. The highest BCUT2D eigenvalue weighted by atomic mass is 16.5. The van der Waals surface area contributed by atoms with Crippen LogP contribution in [-0.2, 0) is 30.5 Å². The van der Waals surface area contributed by atoms with Gasteiger partial charge in [-0.1, -0.05) is 117 Å². The minimum atomic E-state index is -0.926. The summed E-state index contributed by atoms with van der Waals surface area (Å²) in [5.41, 5.74) is 17.7. The number of hydrogen-bond acceptors (Lipinski definition) is 7. The van der Waals surface area contributed by atoms with Gasteiger partial charge < -0.3 is 25.3 Å². The van der Waals surface area contributed by atoms with Crippen molar-refractivity contribution in [3.8, 4) is 22.6 Å². The molecular weight excluding hydrogens is 807 g/mol. The zero-order valence-electron chi connectivity index (χ0n) is 37.3. The van der Waals surface area contributed by atoms with Gasteiger partial charge in [-0.25, -0.2) is 0 Å². The van der Waals surface area contributed by atoms with Crippen LogP contribution in [0.15, 0.2) is 116 Å². The number of amides is 1. The fraction of sp³-hybridized carbons (Fsp3) is 0.365. The second-order valence-electron chi connectivity index (χ2n) is 16.7. The highest BCUT2D eigenvalue weighted by molar-refractivity contribution is 6.10. The summed E-state index contributed by atoms with van der Waals surface area (Å²) < 4.78 is 18.3. The van der Waals surface area contributed by atoms with Crippen LogP contribution in [0.2, 0.25) is 0 Å². The van der Waals surface area contributed by atoms with Crippen LogP contribution in [-0.4, -0.2) is 61.7 Å². The van der Waals surface area contributed by atoms with E-state index in [0.717, 1.165) is 44.7 Å². The van der Waals surface area contributed by atoms with E-state index in [1.54, 1.807) is 6.08 Å². The number of nitrogens with two attached hydrogens (primary N) is 2. The van der Waals surface area contributed by atoms with Gasteiger partial charge in [0.2, 0.25) is 5.91 Å². The van der Waals surface area contributed by atoms with Crippen LogP contribution < -0.4 is 37.0 Å². The standard InChI is InChI=1S/C52H63N5O7/c1-4-29-62-46-25-23-37-17-8-10-20-42(37)48(46)49-43-21-11-9-18-38(43)24-26-47(49)63-34-41(58)31-39(19-12-13-27-53)50(60)57-44(22-14-28-56-52(54)55)45(59)32-40(30-35(2)3)51(61)64-33-36-15-6-5-7-16-36/h4-11,15-18,20-21,23-26,35,39-40,44H,1,12-14,19,22,27-34,53H2,2-3H3,(H,57,60)(H4,54,55,56)/p+2/t39-,40+,44+/m0/s1. The fourth-order valence-electron chi connectivity index (χ4n) is 8.00. The summed E-state index contributed by atoms with van der Waals surface area (Å²) in [6.45, 7) is 8.96. The van der Waals surface area contributed by atoms with Gasteiger partial charge in [0.15, 0.2) is 11.6 Å². The van der Waals surface area contributed by atoms with Crippen molar-refractivity contribution < 1.29 is 44.1 Å². The van der Waals surface area contributed by atoms with Gasteiger partial charge >= 0.3 is 11.9 Å². The Balaban J connectivity index is 1.37. The SMILES string of the molecule is C=CCOc1ccc2ccccc2c1-c1c(OCC(=O)C[C@H](CCCC[NH3+])C(=O)N[C@H](CCC[NH+]=C(N)N)C(=O)C[C@@H](CC(C)C)C(=O)OCc2ccccc2)ccc2ccccc12. The zero-order chi connectivity index (χ0) is 45.8. The smallest absolute Gasteiger partial charge is 0.338 e. The lowest BCUT2D eigenvalue weighted by molar-refractivity contribution is -0.459. The molecule has 12 heteroatoms. The first-order valence-electron chi connectivity index (χ1n) is 22.4. The Morgan fingerprint density at radius 2 is 1.38 bits per heavy atom. The average molecular weight is 872 g/mol. The van der Waals surface area contributed by atoms with E-state index in [2.05, 4.69) is 22.6 Å². The number of carbonyl (C=O) groups is 4. The Labute approximate surface area is 376 Å². The van der Waals surface area contributed by atoms with Gasteiger partial charge in [-0.3, -0.25) is 35.6 Å². The van der Waals surface area contributed by atoms with E-state index < -0.39 is 29.8 Å². The first-order valence-corrected chi connectivity index (χ1v) is 22.4. The first-order chi connectivity index (χ1) is 31.0. The summed E-state index contributed by atoms with van der Waals surface area (Å²) in [5, 5.41) is 6.88. The molecule has 0 aliphatic heterocycles. The molecular formula is C52H65N5O7+2. The van der Waals surface area contributed by atoms with Crippen molar-refractivity contribution in [3.63, 3.8) is 0 Å². The molecule has 0 spiro atoms. The Hall–Kier alpha value is -6.53. The normalized spacial score (nSPS) is 12.6. The van der Waals surface area contributed by atoms with Gasteiger partial charge in [0.1, 0.15) is 31.3 Å². The first kappa shape index (κ1) is 48.5. The molecule has 5 rings (SSSR count). The molecule has 0 heterocycles. The number of unbranched alkanes of at least 4 members (excludes halogenated alkanes) is 1. The fourth-order valence-corrected chi connectivity index (χ4v) is 8.00. The van der Waals surface area contributed by atoms with Crippen LogP contribution in [0.4, 0.5) is 0 Å². The lowest BCUT2D eigenvalue weighted by Gasteiger charge is -2.24. The summed E-state index contributed by atoms with van der Waals surface area (Å²) in [4.78, 5) is 58.7. The number of guanidine groups is 1. The van der Waals surface area contributed by atoms with Crippen molar-refractivity contribution in [2.45, 2.75) is 77.9 Å².